The number of quaternary nitrogens is 1. The van der Waals surface area contributed by atoms with Gasteiger partial charge in [-0.05, 0) is 20.3 Å². The van der Waals surface area contributed by atoms with Gasteiger partial charge in [0.2, 0.25) is 9.69 Å². The molecule has 152 valence electrons. The van der Waals surface area contributed by atoms with Gasteiger partial charge in [0.1, 0.15) is 0 Å². The smallest absolute Gasteiger partial charge is 0.436 e. The zero-order valence-electron chi connectivity index (χ0n) is 14.7. The molecule has 0 aliphatic carbocycles. The summed E-state index contributed by atoms with van der Waals surface area (Å²) in [5, 5.41) is 0. The molecule has 1 aliphatic rings. The second kappa shape index (κ2) is 9.45. The highest BCUT2D eigenvalue weighted by atomic mass is 32.2. The highest BCUT2D eigenvalue weighted by Gasteiger charge is 2.58. The SMILES string of the molecule is CCCC[N+]1(COC(C)C)CCCC1.O=S(=O)([B-](F)(F)F)C(F)(F)F. The lowest BCUT2D eigenvalue weighted by Gasteiger charge is -2.34. The summed E-state index contributed by atoms with van der Waals surface area (Å²) in [7, 11) is -6.95. The van der Waals surface area contributed by atoms with Crippen LogP contribution in [0.4, 0.5) is 26.1 Å². The molecule has 1 rings (SSSR count). The van der Waals surface area contributed by atoms with Gasteiger partial charge >= 0.3 is 11.8 Å². The van der Waals surface area contributed by atoms with Gasteiger partial charge in [0.15, 0.2) is 6.73 Å². The number of nitrogens with zero attached hydrogens (tertiary/aromatic N) is 1. The summed E-state index contributed by atoms with van der Waals surface area (Å²) in [5.41, 5.74) is -6.24. The fraction of sp³-hybridized carbons (Fsp3) is 1.00. The van der Waals surface area contributed by atoms with Crippen LogP contribution in [0.5, 0.6) is 0 Å². The molecule has 1 fully saturated rings. The maximum Gasteiger partial charge on any atom is 0.616 e. The zero-order chi connectivity index (χ0) is 19.9. The minimum atomic E-state index is -6.95. The maximum absolute atomic E-state index is 11.1. The average Bonchev–Trinajstić information content (AvgIpc) is 2.91. The molecule has 0 spiro atoms. The van der Waals surface area contributed by atoms with Crippen molar-refractivity contribution < 1.29 is 43.8 Å². The Balaban J connectivity index is 0.000000477. The second-order valence-electron chi connectivity index (χ2n) is 6.42. The number of alkyl halides is 3. The van der Waals surface area contributed by atoms with Crippen LogP contribution in [0.15, 0.2) is 0 Å². The van der Waals surface area contributed by atoms with Crippen molar-refractivity contribution in [2.75, 3.05) is 26.4 Å². The van der Waals surface area contributed by atoms with Crippen LogP contribution in [0, 0.1) is 0 Å². The third-order valence-electron chi connectivity index (χ3n) is 3.86. The van der Waals surface area contributed by atoms with Gasteiger partial charge in [-0.25, -0.2) is 0 Å². The van der Waals surface area contributed by atoms with Crippen LogP contribution in [0.25, 0.3) is 0 Å². The van der Waals surface area contributed by atoms with Gasteiger partial charge in [-0.2, -0.15) is 13.2 Å². The summed E-state index contributed by atoms with van der Waals surface area (Å²) < 4.78 is 92.3. The largest absolute Gasteiger partial charge is 0.616 e. The zero-order valence-corrected chi connectivity index (χ0v) is 15.5. The van der Waals surface area contributed by atoms with E-state index < -0.39 is 21.5 Å². The molecule has 25 heavy (non-hydrogen) atoms. The second-order valence-corrected chi connectivity index (χ2v) is 8.51. The molecule has 0 atom stereocenters. The van der Waals surface area contributed by atoms with E-state index in [1.54, 1.807) is 0 Å². The Morgan fingerprint density at radius 2 is 1.60 bits per heavy atom. The molecule has 0 N–H and O–H groups in total. The lowest BCUT2D eigenvalue weighted by Crippen LogP contribution is -2.48. The summed E-state index contributed by atoms with van der Waals surface area (Å²) in [6.07, 6.45) is -1.08. The van der Waals surface area contributed by atoms with E-state index in [-0.39, 0.29) is 0 Å². The molecule has 4 nitrogen and oxygen atoms in total. The van der Waals surface area contributed by atoms with Crippen LogP contribution < -0.4 is 0 Å². The third-order valence-corrected chi connectivity index (χ3v) is 5.21. The molecule has 1 heterocycles. The fourth-order valence-corrected chi connectivity index (χ4v) is 2.68. The number of ether oxygens (including phenoxy) is 1. The van der Waals surface area contributed by atoms with Crippen LogP contribution in [-0.4, -0.2) is 57.1 Å². The predicted octanol–water partition coefficient (Wildman–Crippen LogP) is 4.04. The monoisotopic (exact) mass is 401 g/mol. The van der Waals surface area contributed by atoms with Gasteiger partial charge in [-0.3, -0.25) is 8.42 Å². The summed E-state index contributed by atoms with van der Waals surface area (Å²) in [6, 6.07) is 0. The van der Waals surface area contributed by atoms with Crippen LogP contribution in [0.1, 0.15) is 46.5 Å². The quantitative estimate of drug-likeness (QED) is 0.367. The third kappa shape index (κ3) is 7.73. The van der Waals surface area contributed by atoms with E-state index >= 15 is 0 Å². The molecule has 0 saturated carbocycles. The number of likely N-dealkylation sites (tertiary alicyclic amines) is 1. The molecule has 1 saturated heterocycles. The Labute approximate surface area is 145 Å². The molecule has 0 radical (unpaired) electrons. The van der Waals surface area contributed by atoms with Gasteiger partial charge < -0.3 is 22.2 Å². The van der Waals surface area contributed by atoms with Crippen molar-refractivity contribution in [3.05, 3.63) is 0 Å². The van der Waals surface area contributed by atoms with Gasteiger partial charge in [-0.15, -0.1) is 0 Å². The van der Waals surface area contributed by atoms with Gasteiger partial charge in [0.05, 0.1) is 25.7 Å². The fourth-order valence-electron chi connectivity index (χ4n) is 2.38. The highest BCUT2D eigenvalue weighted by molar-refractivity contribution is 8.20. The molecule has 0 amide bonds. The molecule has 12 heteroatoms. The Bertz CT molecular complexity index is 467. The van der Waals surface area contributed by atoms with E-state index in [9.17, 15) is 34.5 Å². The van der Waals surface area contributed by atoms with Crippen LogP contribution >= 0.6 is 0 Å². The van der Waals surface area contributed by atoms with Crippen molar-refractivity contribution in [3.63, 3.8) is 0 Å². The first-order valence-electron chi connectivity index (χ1n) is 8.15. The van der Waals surface area contributed by atoms with Gasteiger partial charge in [-0.1, -0.05) is 13.3 Å². The van der Waals surface area contributed by atoms with Crippen molar-refractivity contribution in [2.24, 2.45) is 0 Å². The number of hydrogen-bond donors (Lipinski definition) is 0. The molecule has 1 aliphatic heterocycles. The van der Waals surface area contributed by atoms with E-state index in [1.165, 1.54) is 49.8 Å². The van der Waals surface area contributed by atoms with Crippen molar-refractivity contribution in [1.82, 2.24) is 0 Å². The molecule has 0 aromatic heterocycles. The summed E-state index contributed by atoms with van der Waals surface area (Å²) in [5.74, 6) is 0. The van der Waals surface area contributed by atoms with Crippen molar-refractivity contribution in [1.29, 1.82) is 0 Å². The van der Waals surface area contributed by atoms with E-state index in [4.69, 9.17) is 4.74 Å². The van der Waals surface area contributed by atoms with Crippen molar-refractivity contribution >= 4 is 15.9 Å². The van der Waals surface area contributed by atoms with Crippen LogP contribution in [-0.2, 0) is 14.4 Å². The Kier molecular flexibility index (Phi) is 9.27. The maximum atomic E-state index is 11.1. The molecule has 0 bridgehead atoms. The molecule has 0 aromatic rings. The number of unbranched alkanes of at least 4 members (excludes halogenated alkanes) is 1. The minimum absolute atomic E-state index is 0.382. The Morgan fingerprint density at radius 3 is 1.88 bits per heavy atom. The molecule has 0 unspecified atom stereocenters. The molecular weight excluding hydrogens is 375 g/mol. The summed E-state index contributed by atoms with van der Waals surface area (Å²) in [4.78, 5) is 0. The first-order chi connectivity index (χ1) is 11.2. The van der Waals surface area contributed by atoms with Crippen molar-refractivity contribution in [3.8, 4) is 0 Å². The van der Waals surface area contributed by atoms with E-state index in [2.05, 4.69) is 20.8 Å². The average molecular weight is 401 g/mol. The first kappa shape index (κ1) is 24.5. The number of halogens is 6. The molecular formula is C13H26BF6NO3S. The van der Waals surface area contributed by atoms with Gasteiger partial charge in [0.25, 0.3) is 0 Å². The highest BCUT2D eigenvalue weighted by Crippen LogP contribution is 2.33. The lowest BCUT2D eigenvalue weighted by atomic mass is 10.3. The number of hydrogen-bond acceptors (Lipinski definition) is 3. The van der Waals surface area contributed by atoms with Crippen LogP contribution in [0.3, 0.4) is 0 Å². The molecule has 0 aromatic carbocycles. The van der Waals surface area contributed by atoms with Crippen LogP contribution in [0.2, 0.25) is 0 Å². The lowest BCUT2D eigenvalue weighted by molar-refractivity contribution is -0.935. The first-order valence-corrected chi connectivity index (χ1v) is 9.69. The Morgan fingerprint density at radius 1 is 1.12 bits per heavy atom. The summed E-state index contributed by atoms with van der Waals surface area (Å²) in [6.45, 7) is 11.5. The van der Waals surface area contributed by atoms with E-state index in [0.717, 1.165) is 6.73 Å². The Hall–Kier alpha value is -0.485. The van der Waals surface area contributed by atoms with E-state index in [1.807, 2.05) is 0 Å². The normalized spacial score (nSPS) is 18.2. The van der Waals surface area contributed by atoms with E-state index in [0.29, 0.717) is 6.10 Å². The standard InChI is InChI=1S/C12H26NO.CBF6O2S/c1-4-5-8-13(9-6-7-10-13)11-14-12(2)3;3-1(4,5)11(9,10)2(6,7)8/h12H,4-11H2,1-3H3;/q+1;-1. The van der Waals surface area contributed by atoms with Gasteiger partial charge in [0, 0.05) is 12.8 Å². The van der Waals surface area contributed by atoms with Crippen molar-refractivity contribution in [2.45, 2.75) is 58.1 Å². The number of rotatable bonds is 7. The topological polar surface area (TPSA) is 43.4 Å². The predicted molar refractivity (Wildman–Crippen MR) is 84.1 cm³/mol. The summed E-state index contributed by atoms with van der Waals surface area (Å²) >= 11 is 0. The minimum Gasteiger partial charge on any atom is -0.436 e.